The molecule has 0 spiro atoms. The molecule has 37 heavy (non-hydrogen) atoms. The number of halogens is 1. The van der Waals surface area contributed by atoms with E-state index in [1.165, 1.54) is 23.1 Å². The lowest BCUT2D eigenvalue weighted by Gasteiger charge is -2.29. The standard InChI is InChI=1S/C26H20ClN3O6S/c1-2-35-23-14-17(5-12-22(23)36-15-16-3-8-20(9-4-16)30(33)34)13-21-24(31)28-26(37)29(25(21)32)19-10-6-18(27)7-11-19/h3-14H,2,15H2,1H3,(H,28,31,37)/b21-13+. The highest BCUT2D eigenvalue weighted by Crippen LogP contribution is 2.31. The first-order chi connectivity index (χ1) is 17.8. The lowest BCUT2D eigenvalue weighted by atomic mass is 10.1. The molecule has 2 amide bonds. The van der Waals surface area contributed by atoms with Crippen molar-refractivity contribution < 1.29 is 24.0 Å². The summed E-state index contributed by atoms with van der Waals surface area (Å²) in [5.41, 5.74) is 1.63. The number of carbonyl (C=O) groups is 2. The zero-order chi connectivity index (χ0) is 26.5. The van der Waals surface area contributed by atoms with E-state index in [1.807, 2.05) is 6.92 Å². The van der Waals surface area contributed by atoms with Gasteiger partial charge < -0.3 is 9.47 Å². The summed E-state index contributed by atoms with van der Waals surface area (Å²) in [6.45, 7) is 2.33. The average molecular weight is 538 g/mol. The number of nitro benzene ring substituents is 1. The quantitative estimate of drug-likeness (QED) is 0.141. The molecule has 0 saturated carbocycles. The minimum Gasteiger partial charge on any atom is -0.490 e. The van der Waals surface area contributed by atoms with E-state index in [9.17, 15) is 19.7 Å². The van der Waals surface area contributed by atoms with Gasteiger partial charge in [-0.3, -0.25) is 29.9 Å². The summed E-state index contributed by atoms with van der Waals surface area (Å²) in [4.78, 5) is 37.4. The van der Waals surface area contributed by atoms with Crippen LogP contribution in [0, 0.1) is 10.1 Å². The Morgan fingerprint density at radius 2 is 1.73 bits per heavy atom. The number of benzene rings is 3. The first-order valence-corrected chi connectivity index (χ1v) is 11.9. The number of hydrogen-bond donors (Lipinski definition) is 1. The topological polar surface area (TPSA) is 111 Å². The Kier molecular flexibility index (Phi) is 7.80. The number of amides is 2. The van der Waals surface area contributed by atoms with Crippen LogP contribution in [0.15, 0.2) is 72.3 Å². The Hall–Kier alpha value is -4.28. The number of carbonyl (C=O) groups excluding carboxylic acids is 2. The molecule has 1 aliphatic rings. The van der Waals surface area contributed by atoms with Crippen LogP contribution < -0.4 is 19.7 Å². The van der Waals surface area contributed by atoms with E-state index in [0.29, 0.717) is 34.4 Å². The molecular weight excluding hydrogens is 518 g/mol. The van der Waals surface area contributed by atoms with Gasteiger partial charge in [0.2, 0.25) is 0 Å². The smallest absolute Gasteiger partial charge is 0.270 e. The van der Waals surface area contributed by atoms with Crippen molar-refractivity contribution in [2.24, 2.45) is 0 Å². The van der Waals surface area contributed by atoms with Crippen molar-refractivity contribution in [1.29, 1.82) is 0 Å². The van der Waals surface area contributed by atoms with Crippen LogP contribution in [-0.4, -0.2) is 28.5 Å². The Morgan fingerprint density at radius 1 is 1.03 bits per heavy atom. The molecule has 0 bridgehead atoms. The van der Waals surface area contributed by atoms with Gasteiger partial charge in [-0.1, -0.05) is 17.7 Å². The summed E-state index contributed by atoms with van der Waals surface area (Å²) < 4.78 is 11.6. The maximum absolute atomic E-state index is 13.2. The van der Waals surface area contributed by atoms with E-state index >= 15 is 0 Å². The second-order valence-electron chi connectivity index (χ2n) is 7.79. The summed E-state index contributed by atoms with van der Waals surface area (Å²) in [7, 11) is 0. The van der Waals surface area contributed by atoms with Gasteiger partial charge in [0.25, 0.3) is 17.5 Å². The summed E-state index contributed by atoms with van der Waals surface area (Å²) >= 11 is 11.2. The van der Waals surface area contributed by atoms with Crippen molar-refractivity contribution in [2.45, 2.75) is 13.5 Å². The Bertz CT molecular complexity index is 1410. The SMILES string of the molecule is CCOc1cc(/C=C2\C(=O)NC(=S)N(c3ccc(Cl)cc3)C2=O)ccc1OCc1ccc([N+](=O)[O-])cc1. The molecule has 0 unspecified atom stereocenters. The number of anilines is 1. The van der Waals surface area contributed by atoms with Crippen LogP contribution in [0.2, 0.25) is 5.02 Å². The van der Waals surface area contributed by atoms with Crippen LogP contribution in [0.3, 0.4) is 0 Å². The number of ether oxygens (including phenoxy) is 2. The van der Waals surface area contributed by atoms with Crippen LogP contribution in [0.25, 0.3) is 6.08 Å². The average Bonchev–Trinajstić information content (AvgIpc) is 2.87. The van der Waals surface area contributed by atoms with Gasteiger partial charge in [0.1, 0.15) is 12.2 Å². The highest BCUT2D eigenvalue weighted by atomic mass is 35.5. The minimum atomic E-state index is -0.614. The minimum absolute atomic E-state index is 0.00664. The van der Waals surface area contributed by atoms with Gasteiger partial charge in [-0.05, 0) is 84.9 Å². The van der Waals surface area contributed by atoms with Gasteiger partial charge in [0.05, 0.1) is 17.2 Å². The molecule has 0 aliphatic carbocycles. The molecular formula is C26H20ClN3O6S. The monoisotopic (exact) mass is 537 g/mol. The van der Waals surface area contributed by atoms with E-state index in [4.69, 9.17) is 33.3 Å². The van der Waals surface area contributed by atoms with Gasteiger partial charge >= 0.3 is 0 Å². The molecule has 188 valence electrons. The molecule has 1 fully saturated rings. The van der Waals surface area contributed by atoms with E-state index in [0.717, 1.165) is 5.56 Å². The summed E-state index contributed by atoms with van der Waals surface area (Å²) in [5.74, 6) is -0.345. The fraction of sp³-hybridized carbons (Fsp3) is 0.115. The van der Waals surface area contributed by atoms with Crippen molar-refractivity contribution in [3.05, 3.63) is 98.6 Å². The van der Waals surface area contributed by atoms with Crippen LogP contribution in [-0.2, 0) is 16.2 Å². The van der Waals surface area contributed by atoms with Gasteiger partial charge in [-0.15, -0.1) is 0 Å². The lowest BCUT2D eigenvalue weighted by molar-refractivity contribution is -0.384. The third kappa shape index (κ3) is 5.93. The molecule has 4 rings (SSSR count). The first kappa shape index (κ1) is 25.8. The second-order valence-corrected chi connectivity index (χ2v) is 8.61. The fourth-order valence-corrected chi connectivity index (χ4v) is 3.93. The summed E-state index contributed by atoms with van der Waals surface area (Å²) in [6, 6.07) is 17.5. The molecule has 0 atom stereocenters. The number of nitrogens with zero attached hydrogens (tertiary/aromatic N) is 2. The highest BCUT2D eigenvalue weighted by molar-refractivity contribution is 7.80. The number of thiocarbonyl (C=S) groups is 1. The summed E-state index contributed by atoms with van der Waals surface area (Å²) in [6.07, 6.45) is 1.45. The normalized spacial score (nSPS) is 14.5. The maximum Gasteiger partial charge on any atom is 0.270 e. The highest BCUT2D eigenvalue weighted by Gasteiger charge is 2.34. The van der Waals surface area contributed by atoms with Crippen LogP contribution in [0.5, 0.6) is 11.5 Å². The molecule has 1 N–H and O–H groups in total. The molecule has 1 heterocycles. The molecule has 0 aromatic heterocycles. The van der Waals surface area contributed by atoms with E-state index in [-0.39, 0.29) is 23.0 Å². The van der Waals surface area contributed by atoms with Crippen LogP contribution in [0.1, 0.15) is 18.1 Å². The largest absolute Gasteiger partial charge is 0.490 e. The molecule has 1 aliphatic heterocycles. The first-order valence-electron chi connectivity index (χ1n) is 11.1. The zero-order valence-corrected chi connectivity index (χ0v) is 21.0. The Balaban J connectivity index is 1.57. The molecule has 9 nitrogen and oxygen atoms in total. The van der Waals surface area contributed by atoms with Gasteiger partial charge in [0.15, 0.2) is 16.6 Å². The number of hydrogen-bond acceptors (Lipinski definition) is 7. The van der Waals surface area contributed by atoms with Gasteiger partial charge in [0, 0.05) is 17.2 Å². The predicted octanol–water partition coefficient (Wildman–Crippen LogP) is 5.06. The van der Waals surface area contributed by atoms with Gasteiger partial charge in [-0.25, -0.2) is 0 Å². The van der Waals surface area contributed by atoms with Crippen LogP contribution >= 0.6 is 23.8 Å². The predicted molar refractivity (Wildman–Crippen MR) is 143 cm³/mol. The Morgan fingerprint density at radius 3 is 2.38 bits per heavy atom. The van der Waals surface area contributed by atoms with E-state index in [2.05, 4.69) is 5.32 Å². The van der Waals surface area contributed by atoms with Gasteiger partial charge in [-0.2, -0.15) is 0 Å². The third-order valence-electron chi connectivity index (χ3n) is 5.31. The second kappa shape index (κ2) is 11.2. The fourth-order valence-electron chi connectivity index (χ4n) is 3.53. The molecule has 1 saturated heterocycles. The zero-order valence-electron chi connectivity index (χ0n) is 19.5. The molecule has 3 aromatic rings. The summed E-state index contributed by atoms with van der Waals surface area (Å²) in [5, 5.41) is 13.8. The lowest BCUT2D eigenvalue weighted by Crippen LogP contribution is -2.54. The van der Waals surface area contributed by atoms with Crippen molar-refractivity contribution in [2.75, 3.05) is 11.5 Å². The van der Waals surface area contributed by atoms with Crippen molar-refractivity contribution in [3.63, 3.8) is 0 Å². The van der Waals surface area contributed by atoms with Crippen LogP contribution in [0.4, 0.5) is 11.4 Å². The molecule has 11 heteroatoms. The van der Waals surface area contributed by atoms with Crippen molar-refractivity contribution in [1.82, 2.24) is 5.32 Å². The Labute approximate surface area is 222 Å². The van der Waals surface area contributed by atoms with E-state index < -0.39 is 16.7 Å². The van der Waals surface area contributed by atoms with E-state index in [1.54, 1.807) is 54.6 Å². The third-order valence-corrected chi connectivity index (χ3v) is 5.84. The van der Waals surface area contributed by atoms with Crippen molar-refractivity contribution >= 4 is 58.2 Å². The number of non-ortho nitro benzene ring substituents is 1. The molecule has 3 aromatic carbocycles. The van der Waals surface area contributed by atoms with Crippen molar-refractivity contribution in [3.8, 4) is 11.5 Å². The number of nitrogens with one attached hydrogen (secondary N) is 1. The number of rotatable bonds is 8. The molecule has 0 radical (unpaired) electrons. The number of nitro groups is 1. The maximum atomic E-state index is 13.2.